The van der Waals surface area contributed by atoms with Gasteiger partial charge in [-0.1, -0.05) is 12.1 Å². The molecule has 0 spiro atoms. The molecule has 0 saturated carbocycles. The molecule has 0 fully saturated rings. The summed E-state index contributed by atoms with van der Waals surface area (Å²) in [5, 5.41) is 0.841. The number of nitrogens with zero attached hydrogens (tertiary/aromatic N) is 2. The molecule has 130 valence electrons. The zero-order valence-electron chi connectivity index (χ0n) is 14.6. The molecule has 0 aliphatic carbocycles. The molecule has 1 amide bonds. The third-order valence-electron chi connectivity index (χ3n) is 4.16. The third-order valence-corrected chi connectivity index (χ3v) is 4.16. The van der Waals surface area contributed by atoms with Gasteiger partial charge in [0.25, 0.3) is 11.5 Å². The van der Waals surface area contributed by atoms with Gasteiger partial charge < -0.3 is 19.2 Å². The molecule has 0 bridgehead atoms. The lowest BCUT2D eigenvalue weighted by atomic mass is 10.0. The van der Waals surface area contributed by atoms with Crippen molar-refractivity contribution < 1.29 is 9.53 Å². The SMILES string of the molecule is COCCn1cc(-c2cccc(C(=O)N(C)C)c2)c2cc[nH]c2c1=O. The molecule has 0 unspecified atom stereocenters. The molecule has 25 heavy (non-hydrogen) atoms. The summed E-state index contributed by atoms with van der Waals surface area (Å²) >= 11 is 0. The summed E-state index contributed by atoms with van der Waals surface area (Å²) in [6.07, 6.45) is 3.59. The number of methoxy groups -OCH3 is 1. The van der Waals surface area contributed by atoms with Crippen molar-refractivity contribution in [1.82, 2.24) is 14.5 Å². The van der Waals surface area contributed by atoms with Gasteiger partial charge in [-0.15, -0.1) is 0 Å². The first-order valence-corrected chi connectivity index (χ1v) is 8.04. The second-order valence-corrected chi connectivity index (χ2v) is 6.08. The number of amides is 1. The van der Waals surface area contributed by atoms with E-state index < -0.39 is 0 Å². The van der Waals surface area contributed by atoms with Gasteiger partial charge in [-0.3, -0.25) is 9.59 Å². The Labute approximate surface area is 145 Å². The fourth-order valence-electron chi connectivity index (χ4n) is 2.86. The second-order valence-electron chi connectivity index (χ2n) is 6.08. The lowest BCUT2D eigenvalue weighted by Gasteiger charge is -2.13. The number of pyridine rings is 1. The molecule has 0 aliphatic rings. The summed E-state index contributed by atoms with van der Waals surface area (Å²) in [7, 11) is 5.06. The van der Waals surface area contributed by atoms with E-state index in [4.69, 9.17) is 4.74 Å². The highest BCUT2D eigenvalue weighted by Gasteiger charge is 2.14. The standard InChI is InChI=1S/C19H21N3O3/c1-21(2)18(23)14-6-4-5-13(11-14)16-12-22(9-10-25-3)19(24)17-15(16)7-8-20-17/h4-8,11-12,20H,9-10H2,1-3H3. The molecular formula is C19H21N3O3. The number of ether oxygens (including phenoxy) is 1. The third kappa shape index (κ3) is 3.21. The van der Waals surface area contributed by atoms with E-state index in [2.05, 4.69) is 4.98 Å². The first kappa shape index (κ1) is 17.0. The van der Waals surface area contributed by atoms with Crippen molar-refractivity contribution in [2.24, 2.45) is 0 Å². The molecule has 3 rings (SSSR count). The maximum Gasteiger partial charge on any atom is 0.274 e. The summed E-state index contributed by atoms with van der Waals surface area (Å²) in [4.78, 5) is 29.4. The minimum Gasteiger partial charge on any atom is -0.383 e. The van der Waals surface area contributed by atoms with Gasteiger partial charge in [0.15, 0.2) is 0 Å². The highest BCUT2D eigenvalue weighted by Crippen LogP contribution is 2.27. The van der Waals surface area contributed by atoms with Crippen LogP contribution in [0.1, 0.15) is 10.4 Å². The van der Waals surface area contributed by atoms with Crippen molar-refractivity contribution in [3.63, 3.8) is 0 Å². The number of hydrogen-bond donors (Lipinski definition) is 1. The number of H-pyrrole nitrogens is 1. The number of fused-ring (bicyclic) bond motifs is 1. The van der Waals surface area contributed by atoms with Crippen LogP contribution in [0.4, 0.5) is 0 Å². The topological polar surface area (TPSA) is 67.3 Å². The Hall–Kier alpha value is -2.86. The molecule has 6 heteroatoms. The van der Waals surface area contributed by atoms with Crippen LogP contribution in [0.2, 0.25) is 0 Å². The van der Waals surface area contributed by atoms with E-state index in [1.165, 1.54) is 0 Å². The summed E-state index contributed by atoms with van der Waals surface area (Å²) in [6, 6.07) is 9.33. The van der Waals surface area contributed by atoms with E-state index in [1.807, 2.05) is 30.5 Å². The molecule has 3 aromatic rings. The van der Waals surface area contributed by atoms with Crippen molar-refractivity contribution >= 4 is 16.8 Å². The summed E-state index contributed by atoms with van der Waals surface area (Å²) in [5.74, 6) is -0.0557. The zero-order chi connectivity index (χ0) is 18.0. The average molecular weight is 339 g/mol. The maximum absolute atomic E-state index is 12.6. The smallest absolute Gasteiger partial charge is 0.274 e. The lowest BCUT2D eigenvalue weighted by Crippen LogP contribution is -2.22. The molecule has 1 aromatic carbocycles. The van der Waals surface area contributed by atoms with E-state index in [0.29, 0.717) is 24.2 Å². The maximum atomic E-state index is 12.6. The monoisotopic (exact) mass is 339 g/mol. The van der Waals surface area contributed by atoms with Crippen LogP contribution in [0.5, 0.6) is 0 Å². The minimum absolute atomic E-state index is 0.0557. The summed E-state index contributed by atoms with van der Waals surface area (Å²) in [6.45, 7) is 0.915. The predicted molar refractivity (Wildman–Crippen MR) is 97.9 cm³/mol. The number of hydrogen-bond acceptors (Lipinski definition) is 3. The Kier molecular flexibility index (Phi) is 4.72. The van der Waals surface area contributed by atoms with E-state index >= 15 is 0 Å². The quantitative estimate of drug-likeness (QED) is 0.776. The molecular weight excluding hydrogens is 318 g/mol. The van der Waals surface area contributed by atoms with Gasteiger partial charge in [-0.05, 0) is 23.8 Å². The van der Waals surface area contributed by atoms with Crippen LogP contribution < -0.4 is 5.56 Å². The number of carbonyl (C=O) groups excluding carboxylic acids is 1. The summed E-state index contributed by atoms with van der Waals surface area (Å²) in [5.41, 5.74) is 2.88. The van der Waals surface area contributed by atoms with Crippen molar-refractivity contribution in [1.29, 1.82) is 0 Å². The normalized spacial score (nSPS) is 11.0. The van der Waals surface area contributed by atoms with Gasteiger partial charge in [0, 0.05) is 56.7 Å². The average Bonchev–Trinajstić information content (AvgIpc) is 3.11. The Balaban J connectivity index is 2.17. The van der Waals surface area contributed by atoms with Crippen molar-refractivity contribution in [3.8, 4) is 11.1 Å². The zero-order valence-corrected chi connectivity index (χ0v) is 14.6. The van der Waals surface area contributed by atoms with Gasteiger partial charge >= 0.3 is 0 Å². The first-order valence-electron chi connectivity index (χ1n) is 8.04. The lowest BCUT2D eigenvalue weighted by molar-refractivity contribution is 0.0827. The highest BCUT2D eigenvalue weighted by molar-refractivity contribution is 5.98. The summed E-state index contributed by atoms with van der Waals surface area (Å²) < 4.78 is 6.73. The number of benzene rings is 1. The highest BCUT2D eigenvalue weighted by atomic mass is 16.5. The molecule has 1 N–H and O–H groups in total. The molecule has 0 radical (unpaired) electrons. The number of aromatic nitrogens is 2. The fourth-order valence-corrected chi connectivity index (χ4v) is 2.86. The minimum atomic E-state index is -0.0821. The van der Waals surface area contributed by atoms with Crippen LogP contribution in [0.3, 0.4) is 0 Å². The van der Waals surface area contributed by atoms with Crippen LogP contribution >= 0.6 is 0 Å². The van der Waals surface area contributed by atoms with Gasteiger partial charge in [0.2, 0.25) is 0 Å². The van der Waals surface area contributed by atoms with Crippen LogP contribution in [0, 0.1) is 0 Å². The first-order chi connectivity index (χ1) is 12.0. The van der Waals surface area contributed by atoms with E-state index in [-0.39, 0.29) is 11.5 Å². The molecule has 0 aliphatic heterocycles. The van der Waals surface area contributed by atoms with Crippen LogP contribution in [0.25, 0.3) is 22.0 Å². The molecule has 0 saturated heterocycles. The van der Waals surface area contributed by atoms with Crippen LogP contribution in [-0.4, -0.2) is 48.2 Å². The van der Waals surface area contributed by atoms with Gasteiger partial charge in [-0.2, -0.15) is 0 Å². The molecule has 0 atom stereocenters. The van der Waals surface area contributed by atoms with E-state index in [1.54, 1.807) is 42.9 Å². The Morgan fingerprint density at radius 1 is 1.28 bits per heavy atom. The Morgan fingerprint density at radius 2 is 2.08 bits per heavy atom. The molecule has 6 nitrogen and oxygen atoms in total. The Morgan fingerprint density at radius 3 is 2.80 bits per heavy atom. The largest absolute Gasteiger partial charge is 0.383 e. The van der Waals surface area contributed by atoms with Crippen molar-refractivity contribution in [2.75, 3.05) is 27.8 Å². The van der Waals surface area contributed by atoms with Crippen molar-refractivity contribution in [2.45, 2.75) is 6.54 Å². The number of rotatable bonds is 5. The molecule has 2 aromatic heterocycles. The number of aromatic amines is 1. The van der Waals surface area contributed by atoms with Crippen molar-refractivity contribution in [3.05, 3.63) is 58.6 Å². The second kappa shape index (κ2) is 6.94. The number of carbonyl (C=O) groups is 1. The van der Waals surface area contributed by atoms with Crippen LogP contribution in [-0.2, 0) is 11.3 Å². The van der Waals surface area contributed by atoms with Gasteiger partial charge in [0.05, 0.1) is 6.61 Å². The van der Waals surface area contributed by atoms with Gasteiger partial charge in [-0.25, -0.2) is 0 Å². The fraction of sp³-hybridized carbons (Fsp3) is 0.263. The van der Waals surface area contributed by atoms with E-state index in [9.17, 15) is 9.59 Å². The molecule has 2 heterocycles. The van der Waals surface area contributed by atoms with Gasteiger partial charge in [0.1, 0.15) is 5.52 Å². The predicted octanol–water partition coefficient (Wildman–Crippen LogP) is 2.34. The Bertz CT molecular complexity index is 969. The van der Waals surface area contributed by atoms with E-state index in [0.717, 1.165) is 16.5 Å². The number of nitrogens with one attached hydrogen (secondary N) is 1. The van der Waals surface area contributed by atoms with Crippen LogP contribution in [0.15, 0.2) is 47.5 Å².